The highest BCUT2D eigenvalue weighted by atomic mass is 35.5. The summed E-state index contributed by atoms with van der Waals surface area (Å²) in [5.41, 5.74) is 2.37. The monoisotopic (exact) mass is 439 g/mol. The number of aryl methyl sites for hydroxylation is 3. The zero-order valence-corrected chi connectivity index (χ0v) is 17.5. The van der Waals surface area contributed by atoms with Crippen molar-refractivity contribution in [2.75, 3.05) is 5.32 Å². The molecule has 160 valence electrons. The van der Waals surface area contributed by atoms with E-state index >= 15 is 0 Å². The van der Waals surface area contributed by atoms with E-state index in [2.05, 4.69) is 15.5 Å². The summed E-state index contributed by atoms with van der Waals surface area (Å²) in [4.78, 5) is 12.4. The molecule has 1 aromatic carbocycles. The minimum atomic E-state index is -4.51. The standard InChI is InChI=1S/C20H21ClF3N5O/c1-12-9-17(20(22,23)24)27-28(12)8-7-18(30)25-19-13(2)26-29(14(19)3)11-15-5-4-6-16(21)10-15/h4-6,9-10H,7-8,11H2,1-3H3,(H,25,30). The first-order valence-corrected chi connectivity index (χ1v) is 9.62. The maximum atomic E-state index is 12.8. The normalized spacial score (nSPS) is 11.7. The van der Waals surface area contributed by atoms with Crippen LogP contribution in [0.3, 0.4) is 0 Å². The zero-order valence-electron chi connectivity index (χ0n) is 16.7. The van der Waals surface area contributed by atoms with Gasteiger partial charge in [0.15, 0.2) is 5.69 Å². The Kier molecular flexibility index (Phi) is 6.21. The number of carbonyl (C=O) groups excluding carboxylic acids is 1. The number of benzene rings is 1. The van der Waals surface area contributed by atoms with Crippen molar-refractivity contribution in [3.8, 4) is 0 Å². The van der Waals surface area contributed by atoms with Crippen LogP contribution < -0.4 is 5.32 Å². The molecule has 0 aliphatic heterocycles. The number of hydrogen-bond acceptors (Lipinski definition) is 3. The van der Waals surface area contributed by atoms with Gasteiger partial charge in [0.1, 0.15) is 0 Å². The molecule has 6 nitrogen and oxygen atoms in total. The first-order valence-electron chi connectivity index (χ1n) is 9.24. The Balaban J connectivity index is 1.66. The molecule has 0 unspecified atom stereocenters. The lowest BCUT2D eigenvalue weighted by atomic mass is 10.2. The maximum Gasteiger partial charge on any atom is 0.435 e. The van der Waals surface area contributed by atoms with Crippen molar-refractivity contribution in [2.45, 2.75) is 46.5 Å². The van der Waals surface area contributed by atoms with Crippen molar-refractivity contribution in [1.82, 2.24) is 19.6 Å². The summed E-state index contributed by atoms with van der Waals surface area (Å²) in [7, 11) is 0. The van der Waals surface area contributed by atoms with Crippen LogP contribution in [-0.2, 0) is 24.1 Å². The predicted molar refractivity (Wildman–Crippen MR) is 107 cm³/mol. The topological polar surface area (TPSA) is 64.7 Å². The van der Waals surface area contributed by atoms with Crippen molar-refractivity contribution in [3.63, 3.8) is 0 Å². The van der Waals surface area contributed by atoms with Crippen LogP contribution in [0.5, 0.6) is 0 Å². The summed E-state index contributed by atoms with van der Waals surface area (Å²) in [6.07, 6.45) is -4.53. The zero-order chi connectivity index (χ0) is 22.1. The Bertz CT molecular complexity index is 1070. The fraction of sp³-hybridized carbons (Fsp3) is 0.350. The highest BCUT2D eigenvalue weighted by Crippen LogP contribution is 2.28. The molecule has 0 spiro atoms. The summed E-state index contributed by atoms with van der Waals surface area (Å²) >= 11 is 6.02. The van der Waals surface area contributed by atoms with Crippen molar-refractivity contribution < 1.29 is 18.0 Å². The number of nitrogens with one attached hydrogen (secondary N) is 1. The van der Waals surface area contributed by atoms with Crippen LogP contribution in [0, 0.1) is 20.8 Å². The lowest BCUT2D eigenvalue weighted by Crippen LogP contribution is -2.17. The summed E-state index contributed by atoms with van der Waals surface area (Å²) in [5, 5.41) is 11.4. The van der Waals surface area contributed by atoms with Gasteiger partial charge in [-0.1, -0.05) is 23.7 Å². The molecule has 0 atom stereocenters. The maximum absolute atomic E-state index is 12.8. The number of halogens is 4. The lowest BCUT2D eigenvalue weighted by Gasteiger charge is -2.08. The van der Waals surface area contributed by atoms with Gasteiger partial charge in [-0.15, -0.1) is 0 Å². The van der Waals surface area contributed by atoms with Gasteiger partial charge in [0.25, 0.3) is 0 Å². The Morgan fingerprint density at radius 2 is 1.87 bits per heavy atom. The number of aromatic nitrogens is 4. The quantitative estimate of drug-likeness (QED) is 0.602. The van der Waals surface area contributed by atoms with Crippen molar-refractivity contribution in [3.05, 3.63) is 63.7 Å². The van der Waals surface area contributed by atoms with E-state index in [1.807, 2.05) is 25.1 Å². The Morgan fingerprint density at radius 3 is 2.50 bits per heavy atom. The average Bonchev–Trinajstić information content (AvgIpc) is 3.15. The summed E-state index contributed by atoms with van der Waals surface area (Å²) in [6.45, 7) is 5.68. The molecule has 1 amide bonds. The third-order valence-electron chi connectivity index (χ3n) is 4.69. The molecular formula is C20H21ClF3N5O. The second-order valence-corrected chi connectivity index (χ2v) is 7.46. The van der Waals surface area contributed by atoms with Gasteiger partial charge in [-0.3, -0.25) is 14.2 Å². The van der Waals surface area contributed by atoms with E-state index in [9.17, 15) is 18.0 Å². The van der Waals surface area contributed by atoms with Crippen LogP contribution in [-0.4, -0.2) is 25.5 Å². The molecule has 2 aromatic heterocycles. The van der Waals surface area contributed by atoms with Crippen LogP contribution in [0.1, 0.15) is 34.8 Å². The van der Waals surface area contributed by atoms with Gasteiger partial charge in [-0.2, -0.15) is 23.4 Å². The molecule has 0 bridgehead atoms. The van der Waals surface area contributed by atoms with Gasteiger partial charge < -0.3 is 5.32 Å². The predicted octanol–water partition coefficient (Wildman–Crippen LogP) is 4.75. The molecule has 0 saturated heterocycles. The number of carbonyl (C=O) groups is 1. The third kappa shape index (κ3) is 5.02. The van der Waals surface area contributed by atoms with E-state index in [4.69, 9.17) is 11.6 Å². The van der Waals surface area contributed by atoms with Gasteiger partial charge in [-0.25, -0.2) is 0 Å². The van der Waals surface area contributed by atoms with Crippen LogP contribution in [0.25, 0.3) is 0 Å². The van der Waals surface area contributed by atoms with Crippen molar-refractivity contribution in [2.24, 2.45) is 0 Å². The summed E-state index contributed by atoms with van der Waals surface area (Å²) in [5.74, 6) is -0.327. The summed E-state index contributed by atoms with van der Waals surface area (Å²) in [6, 6.07) is 8.39. The molecule has 2 heterocycles. The van der Waals surface area contributed by atoms with Gasteiger partial charge in [-0.05, 0) is 44.5 Å². The van der Waals surface area contributed by atoms with E-state index in [0.29, 0.717) is 28.6 Å². The SMILES string of the molecule is Cc1nn(Cc2cccc(Cl)c2)c(C)c1NC(=O)CCn1nc(C(F)(F)F)cc1C. The first-order chi connectivity index (χ1) is 14.0. The van der Waals surface area contributed by atoms with E-state index < -0.39 is 11.9 Å². The molecular weight excluding hydrogens is 419 g/mol. The second kappa shape index (κ2) is 8.51. The largest absolute Gasteiger partial charge is 0.435 e. The van der Waals surface area contributed by atoms with Gasteiger partial charge in [0, 0.05) is 23.7 Å². The number of amides is 1. The van der Waals surface area contributed by atoms with Crippen LogP contribution >= 0.6 is 11.6 Å². The van der Waals surface area contributed by atoms with Gasteiger partial charge in [0.05, 0.1) is 23.6 Å². The first kappa shape index (κ1) is 21.9. The molecule has 0 aliphatic carbocycles. The molecule has 30 heavy (non-hydrogen) atoms. The lowest BCUT2D eigenvalue weighted by molar-refractivity contribution is -0.141. The minimum Gasteiger partial charge on any atom is -0.323 e. The Labute approximate surface area is 176 Å². The van der Waals surface area contributed by atoms with E-state index in [1.54, 1.807) is 17.7 Å². The number of nitrogens with zero attached hydrogens (tertiary/aromatic N) is 4. The fourth-order valence-electron chi connectivity index (χ4n) is 3.12. The highest BCUT2D eigenvalue weighted by Gasteiger charge is 2.34. The average molecular weight is 440 g/mol. The molecule has 0 aliphatic rings. The second-order valence-electron chi connectivity index (χ2n) is 7.02. The van der Waals surface area contributed by atoms with Gasteiger partial charge >= 0.3 is 6.18 Å². The third-order valence-corrected chi connectivity index (χ3v) is 4.92. The smallest absolute Gasteiger partial charge is 0.323 e. The molecule has 10 heteroatoms. The summed E-state index contributed by atoms with van der Waals surface area (Å²) < 4.78 is 41.2. The molecule has 3 rings (SSSR count). The fourth-order valence-corrected chi connectivity index (χ4v) is 3.34. The molecule has 0 fully saturated rings. The van der Waals surface area contributed by atoms with Crippen LogP contribution in [0.15, 0.2) is 30.3 Å². The van der Waals surface area contributed by atoms with E-state index in [-0.39, 0.29) is 18.9 Å². The number of hydrogen-bond donors (Lipinski definition) is 1. The van der Waals surface area contributed by atoms with Crippen molar-refractivity contribution in [1.29, 1.82) is 0 Å². The highest BCUT2D eigenvalue weighted by molar-refractivity contribution is 6.30. The van der Waals surface area contributed by atoms with E-state index in [1.165, 1.54) is 11.6 Å². The van der Waals surface area contributed by atoms with Crippen molar-refractivity contribution >= 4 is 23.2 Å². The van der Waals surface area contributed by atoms with E-state index in [0.717, 1.165) is 17.3 Å². The Hall–Kier alpha value is -2.81. The van der Waals surface area contributed by atoms with Crippen LogP contribution in [0.4, 0.5) is 18.9 Å². The number of alkyl halides is 3. The molecule has 0 radical (unpaired) electrons. The van der Waals surface area contributed by atoms with Crippen LogP contribution in [0.2, 0.25) is 5.02 Å². The number of rotatable bonds is 6. The number of anilines is 1. The molecule has 0 saturated carbocycles. The molecule has 1 N–H and O–H groups in total. The Morgan fingerprint density at radius 1 is 1.13 bits per heavy atom. The molecule has 3 aromatic rings. The van der Waals surface area contributed by atoms with Gasteiger partial charge in [0.2, 0.25) is 5.91 Å². The minimum absolute atomic E-state index is 0.0157.